The first-order valence-corrected chi connectivity index (χ1v) is 7.25. The van der Waals surface area contributed by atoms with Crippen molar-refractivity contribution in [2.75, 3.05) is 5.43 Å². The van der Waals surface area contributed by atoms with E-state index in [4.69, 9.17) is 22.4 Å². The number of nitrogens with one attached hydrogen (secondary N) is 1. The smallest absolute Gasteiger partial charge is 0.161 e. The van der Waals surface area contributed by atoms with Crippen molar-refractivity contribution in [1.82, 2.24) is 9.97 Å². The Labute approximate surface area is 123 Å². The number of nitrogens with two attached hydrogens (primary N) is 1. The summed E-state index contributed by atoms with van der Waals surface area (Å²) in [7, 11) is 0. The molecule has 1 aromatic heterocycles. The van der Waals surface area contributed by atoms with E-state index in [9.17, 15) is 0 Å². The van der Waals surface area contributed by atoms with E-state index in [0.717, 1.165) is 11.3 Å². The molecule has 0 amide bonds. The molecule has 1 aliphatic carbocycles. The van der Waals surface area contributed by atoms with Gasteiger partial charge in [-0.05, 0) is 25.0 Å². The van der Waals surface area contributed by atoms with Crippen LogP contribution >= 0.6 is 11.6 Å². The highest BCUT2D eigenvalue weighted by atomic mass is 35.5. The minimum Gasteiger partial charge on any atom is -0.308 e. The van der Waals surface area contributed by atoms with Gasteiger partial charge in [-0.15, -0.1) is 0 Å². The van der Waals surface area contributed by atoms with E-state index in [1.807, 2.05) is 30.3 Å². The molecule has 1 aliphatic rings. The van der Waals surface area contributed by atoms with Gasteiger partial charge in [-0.3, -0.25) is 0 Å². The molecule has 104 valence electrons. The Morgan fingerprint density at radius 1 is 1.15 bits per heavy atom. The van der Waals surface area contributed by atoms with E-state index >= 15 is 0 Å². The molecule has 0 unspecified atom stereocenters. The lowest BCUT2D eigenvalue weighted by atomic mass is 10.0. The summed E-state index contributed by atoms with van der Waals surface area (Å²) in [5, 5.41) is 0.680. The number of aromatic nitrogens is 2. The molecule has 3 N–H and O–H groups in total. The third-order valence-corrected chi connectivity index (χ3v) is 3.99. The molecule has 1 saturated carbocycles. The third-order valence-electron chi connectivity index (χ3n) is 3.75. The van der Waals surface area contributed by atoms with Crippen molar-refractivity contribution < 1.29 is 0 Å². The summed E-state index contributed by atoms with van der Waals surface area (Å²) < 4.78 is 0. The van der Waals surface area contributed by atoms with Crippen LogP contribution in [0.2, 0.25) is 5.02 Å². The summed E-state index contributed by atoms with van der Waals surface area (Å²) in [4.78, 5) is 9.14. The van der Waals surface area contributed by atoms with Gasteiger partial charge in [0.05, 0.1) is 0 Å². The standard InChI is InChI=1S/C15H17ClN4/c16-12-7-3-6-11(8-12)15-18-13(9-14(19-15)20-17)10-4-1-2-5-10/h3,6-10H,1-2,4-5,17H2,(H,18,19,20). The first kappa shape index (κ1) is 13.3. The molecule has 20 heavy (non-hydrogen) atoms. The fraction of sp³-hybridized carbons (Fsp3) is 0.333. The maximum atomic E-state index is 6.04. The largest absolute Gasteiger partial charge is 0.308 e. The Balaban J connectivity index is 2.03. The van der Waals surface area contributed by atoms with Crippen LogP contribution in [0.4, 0.5) is 5.82 Å². The highest BCUT2D eigenvalue weighted by molar-refractivity contribution is 6.30. The van der Waals surface area contributed by atoms with Crippen LogP contribution in [0.1, 0.15) is 37.3 Å². The molecular formula is C15H17ClN4. The molecule has 3 rings (SSSR count). The van der Waals surface area contributed by atoms with Gasteiger partial charge in [-0.25, -0.2) is 15.8 Å². The second-order valence-electron chi connectivity index (χ2n) is 5.14. The van der Waals surface area contributed by atoms with Gasteiger partial charge < -0.3 is 5.43 Å². The topological polar surface area (TPSA) is 63.8 Å². The normalized spacial score (nSPS) is 15.5. The van der Waals surface area contributed by atoms with Crippen LogP contribution in [0.15, 0.2) is 30.3 Å². The van der Waals surface area contributed by atoms with Crippen molar-refractivity contribution in [2.45, 2.75) is 31.6 Å². The van der Waals surface area contributed by atoms with Crippen LogP contribution in [0, 0.1) is 0 Å². The number of rotatable bonds is 3. The Morgan fingerprint density at radius 2 is 1.95 bits per heavy atom. The third kappa shape index (κ3) is 2.76. The molecule has 4 nitrogen and oxygen atoms in total. The van der Waals surface area contributed by atoms with E-state index in [1.165, 1.54) is 25.7 Å². The highest BCUT2D eigenvalue weighted by Gasteiger charge is 2.20. The molecule has 1 aromatic carbocycles. The van der Waals surface area contributed by atoms with Crippen molar-refractivity contribution in [2.24, 2.45) is 5.84 Å². The zero-order chi connectivity index (χ0) is 13.9. The Hall–Kier alpha value is -1.65. The van der Waals surface area contributed by atoms with Crippen LogP contribution in [0.3, 0.4) is 0 Å². The maximum Gasteiger partial charge on any atom is 0.161 e. The minimum atomic E-state index is 0.517. The molecule has 0 spiro atoms. The predicted molar refractivity (Wildman–Crippen MR) is 81.5 cm³/mol. The summed E-state index contributed by atoms with van der Waals surface area (Å²) >= 11 is 6.04. The molecular weight excluding hydrogens is 272 g/mol. The minimum absolute atomic E-state index is 0.517. The second kappa shape index (κ2) is 5.77. The van der Waals surface area contributed by atoms with Gasteiger partial charge in [-0.2, -0.15) is 0 Å². The van der Waals surface area contributed by atoms with E-state index in [1.54, 1.807) is 0 Å². The van der Waals surface area contributed by atoms with Gasteiger partial charge in [0.15, 0.2) is 5.82 Å². The second-order valence-corrected chi connectivity index (χ2v) is 5.57. The van der Waals surface area contributed by atoms with Gasteiger partial charge in [0.1, 0.15) is 5.82 Å². The quantitative estimate of drug-likeness (QED) is 0.667. The monoisotopic (exact) mass is 288 g/mol. The zero-order valence-corrected chi connectivity index (χ0v) is 11.9. The number of nitrogen functional groups attached to an aromatic ring is 1. The zero-order valence-electron chi connectivity index (χ0n) is 11.1. The number of hydrogen-bond donors (Lipinski definition) is 2. The highest BCUT2D eigenvalue weighted by Crippen LogP contribution is 2.34. The molecule has 1 fully saturated rings. The van der Waals surface area contributed by atoms with Gasteiger partial charge in [0, 0.05) is 28.3 Å². The number of hydrogen-bond acceptors (Lipinski definition) is 4. The van der Waals surface area contributed by atoms with E-state index in [0.29, 0.717) is 22.6 Å². The summed E-state index contributed by atoms with van der Waals surface area (Å²) in [5.41, 5.74) is 4.61. The van der Waals surface area contributed by atoms with Crippen LogP contribution in [0.5, 0.6) is 0 Å². The van der Waals surface area contributed by atoms with Crippen LogP contribution in [-0.2, 0) is 0 Å². The molecule has 0 bridgehead atoms. The number of anilines is 1. The average Bonchev–Trinajstić information content (AvgIpc) is 3.01. The molecule has 5 heteroatoms. The Kier molecular flexibility index (Phi) is 3.85. The number of nitrogens with zero attached hydrogens (tertiary/aromatic N) is 2. The maximum absolute atomic E-state index is 6.04. The van der Waals surface area contributed by atoms with Crippen molar-refractivity contribution in [3.63, 3.8) is 0 Å². The van der Waals surface area contributed by atoms with Crippen molar-refractivity contribution in [3.05, 3.63) is 41.0 Å². The molecule has 0 aliphatic heterocycles. The summed E-state index contributed by atoms with van der Waals surface area (Å²) in [6, 6.07) is 9.52. The first-order chi connectivity index (χ1) is 9.76. The Morgan fingerprint density at radius 3 is 2.65 bits per heavy atom. The Bertz CT molecular complexity index is 609. The SMILES string of the molecule is NNc1cc(C2CCCC2)nc(-c2cccc(Cl)c2)n1. The molecule has 0 atom stereocenters. The lowest BCUT2D eigenvalue weighted by Gasteiger charge is -2.12. The van der Waals surface area contributed by atoms with Crippen molar-refractivity contribution in [3.8, 4) is 11.4 Å². The molecule has 1 heterocycles. The molecule has 2 aromatic rings. The molecule has 0 saturated heterocycles. The summed E-state index contributed by atoms with van der Waals surface area (Å²) in [6.45, 7) is 0. The average molecular weight is 289 g/mol. The van der Waals surface area contributed by atoms with Crippen molar-refractivity contribution >= 4 is 17.4 Å². The van der Waals surface area contributed by atoms with Crippen molar-refractivity contribution in [1.29, 1.82) is 0 Å². The van der Waals surface area contributed by atoms with Gasteiger partial charge >= 0.3 is 0 Å². The lowest BCUT2D eigenvalue weighted by molar-refractivity contribution is 0.695. The van der Waals surface area contributed by atoms with Crippen LogP contribution in [0.25, 0.3) is 11.4 Å². The van der Waals surface area contributed by atoms with Gasteiger partial charge in [0.25, 0.3) is 0 Å². The summed E-state index contributed by atoms with van der Waals surface area (Å²) in [6.07, 6.45) is 4.92. The number of benzene rings is 1. The van der Waals surface area contributed by atoms with E-state index in [2.05, 4.69) is 10.4 Å². The number of halogens is 1. The van der Waals surface area contributed by atoms with Crippen LogP contribution in [-0.4, -0.2) is 9.97 Å². The number of hydrazine groups is 1. The first-order valence-electron chi connectivity index (χ1n) is 6.88. The lowest BCUT2D eigenvalue weighted by Crippen LogP contribution is -2.11. The van der Waals surface area contributed by atoms with E-state index < -0.39 is 0 Å². The van der Waals surface area contributed by atoms with Gasteiger partial charge in [0.2, 0.25) is 0 Å². The summed E-state index contributed by atoms with van der Waals surface area (Å²) in [5.74, 6) is 7.37. The van der Waals surface area contributed by atoms with E-state index in [-0.39, 0.29) is 0 Å². The molecule has 0 radical (unpaired) electrons. The van der Waals surface area contributed by atoms with Gasteiger partial charge in [-0.1, -0.05) is 36.6 Å². The van der Waals surface area contributed by atoms with Crippen LogP contribution < -0.4 is 11.3 Å². The fourth-order valence-corrected chi connectivity index (χ4v) is 2.92. The predicted octanol–water partition coefficient (Wildman–Crippen LogP) is 3.74. The fourth-order valence-electron chi connectivity index (χ4n) is 2.73.